The molecule has 0 spiro atoms. The van der Waals surface area contributed by atoms with E-state index in [4.69, 9.17) is 4.42 Å². The number of carbonyl (C=O) groups is 1. The van der Waals surface area contributed by atoms with E-state index in [1.807, 2.05) is 24.4 Å². The minimum Gasteiger partial charge on any atom is -0.455 e. The van der Waals surface area contributed by atoms with Crippen LogP contribution in [0, 0.1) is 6.92 Å². The summed E-state index contributed by atoms with van der Waals surface area (Å²) in [6.07, 6.45) is 2.64. The highest BCUT2D eigenvalue weighted by Gasteiger charge is 2.24. The zero-order valence-electron chi connectivity index (χ0n) is 10.1. The maximum absolute atomic E-state index is 12.1. The van der Waals surface area contributed by atoms with Crippen LogP contribution < -0.4 is 0 Å². The lowest BCUT2D eigenvalue weighted by Crippen LogP contribution is -2.12. The van der Waals surface area contributed by atoms with Crippen LogP contribution in [-0.2, 0) is 6.42 Å². The van der Waals surface area contributed by atoms with Crippen LogP contribution in [0.5, 0.6) is 0 Å². The lowest BCUT2D eigenvalue weighted by Gasteiger charge is -2.17. The fourth-order valence-electron chi connectivity index (χ4n) is 3.05. The van der Waals surface area contributed by atoms with Gasteiger partial charge in [-0.15, -0.1) is 11.3 Å². The minimum atomic E-state index is 0.293. The maximum Gasteiger partial charge on any atom is 0.163 e. The largest absolute Gasteiger partial charge is 0.455 e. The molecule has 90 valence electrons. The van der Waals surface area contributed by atoms with Gasteiger partial charge in [0.15, 0.2) is 5.78 Å². The summed E-state index contributed by atoms with van der Waals surface area (Å²) in [6, 6.07) is 4.02. The molecule has 1 aliphatic carbocycles. The van der Waals surface area contributed by atoms with E-state index in [0.29, 0.717) is 12.2 Å². The Morgan fingerprint density at radius 2 is 2.17 bits per heavy atom. The van der Waals surface area contributed by atoms with Crippen molar-refractivity contribution >= 4 is 38.4 Å². The Balaban J connectivity index is 2.24. The summed E-state index contributed by atoms with van der Waals surface area (Å²) in [6.45, 7) is 2.01. The second-order valence-electron chi connectivity index (χ2n) is 4.91. The third kappa shape index (κ3) is 1.20. The highest BCUT2D eigenvalue weighted by Crippen LogP contribution is 2.39. The Kier molecular flexibility index (Phi) is 1.98. The molecule has 0 unspecified atom stereocenters. The first kappa shape index (κ1) is 10.3. The summed E-state index contributed by atoms with van der Waals surface area (Å²) >= 11 is 1.70. The average Bonchev–Trinajstić information content (AvgIpc) is 2.88. The summed E-state index contributed by atoms with van der Waals surface area (Å²) in [7, 11) is 0. The molecule has 2 aromatic heterocycles. The van der Waals surface area contributed by atoms with Crippen molar-refractivity contribution in [2.24, 2.45) is 0 Å². The van der Waals surface area contributed by atoms with Gasteiger partial charge in [0.05, 0.1) is 4.70 Å². The SMILES string of the molecule is Cc1cc2oc3ccsc3c2c2c1C(=O)CCC2. The van der Waals surface area contributed by atoms with Crippen LogP contribution in [0.25, 0.3) is 21.3 Å². The van der Waals surface area contributed by atoms with Gasteiger partial charge in [-0.1, -0.05) is 0 Å². The van der Waals surface area contributed by atoms with Gasteiger partial charge >= 0.3 is 0 Å². The van der Waals surface area contributed by atoms with Crippen LogP contribution in [0.15, 0.2) is 21.9 Å². The zero-order valence-corrected chi connectivity index (χ0v) is 10.9. The van der Waals surface area contributed by atoms with Gasteiger partial charge in [0, 0.05) is 17.4 Å². The molecule has 1 aliphatic rings. The normalized spacial score (nSPS) is 15.5. The number of carbonyl (C=O) groups excluding carboxylic acids is 1. The van der Waals surface area contributed by atoms with E-state index < -0.39 is 0 Å². The highest BCUT2D eigenvalue weighted by atomic mass is 32.1. The molecule has 18 heavy (non-hydrogen) atoms. The van der Waals surface area contributed by atoms with Gasteiger partial charge in [-0.2, -0.15) is 0 Å². The Hall–Kier alpha value is -1.61. The Labute approximate surface area is 108 Å². The lowest BCUT2D eigenvalue weighted by molar-refractivity contribution is 0.0972. The van der Waals surface area contributed by atoms with Crippen LogP contribution in [0.2, 0.25) is 0 Å². The van der Waals surface area contributed by atoms with Crippen molar-refractivity contribution < 1.29 is 9.21 Å². The van der Waals surface area contributed by atoms with Crippen molar-refractivity contribution in [1.82, 2.24) is 0 Å². The molecule has 0 atom stereocenters. The monoisotopic (exact) mass is 256 g/mol. The van der Waals surface area contributed by atoms with Crippen molar-refractivity contribution in [2.75, 3.05) is 0 Å². The molecule has 3 heteroatoms. The van der Waals surface area contributed by atoms with Crippen LogP contribution in [-0.4, -0.2) is 5.78 Å². The number of hydrogen-bond donors (Lipinski definition) is 0. The number of hydrogen-bond acceptors (Lipinski definition) is 3. The third-order valence-corrected chi connectivity index (χ3v) is 4.69. The first-order valence-corrected chi connectivity index (χ1v) is 7.09. The molecule has 0 saturated heterocycles. The van der Waals surface area contributed by atoms with Crippen molar-refractivity contribution in [3.05, 3.63) is 34.2 Å². The first-order valence-electron chi connectivity index (χ1n) is 6.21. The summed E-state index contributed by atoms with van der Waals surface area (Å²) in [5, 5.41) is 3.22. The number of furan rings is 1. The van der Waals surface area contributed by atoms with Gasteiger partial charge in [0.2, 0.25) is 0 Å². The second-order valence-corrected chi connectivity index (χ2v) is 5.83. The minimum absolute atomic E-state index is 0.293. The smallest absolute Gasteiger partial charge is 0.163 e. The molecule has 0 bridgehead atoms. The summed E-state index contributed by atoms with van der Waals surface area (Å²) in [5.74, 6) is 0.293. The third-order valence-electron chi connectivity index (χ3n) is 3.78. The Morgan fingerprint density at radius 1 is 1.28 bits per heavy atom. The molecule has 0 radical (unpaired) electrons. The van der Waals surface area contributed by atoms with E-state index in [0.717, 1.165) is 35.1 Å². The fourth-order valence-corrected chi connectivity index (χ4v) is 3.94. The van der Waals surface area contributed by atoms with Crippen LogP contribution in [0.4, 0.5) is 0 Å². The quantitative estimate of drug-likeness (QED) is 0.594. The van der Waals surface area contributed by atoms with Crippen molar-refractivity contribution in [3.8, 4) is 0 Å². The van der Waals surface area contributed by atoms with Crippen molar-refractivity contribution in [2.45, 2.75) is 26.2 Å². The predicted octanol–water partition coefficient (Wildman–Crippen LogP) is 4.47. The zero-order chi connectivity index (χ0) is 12.3. The highest BCUT2D eigenvalue weighted by molar-refractivity contribution is 7.18. The molecule has 0 aliphatic heterocycles. The number of Topliss-reactive ketones (excluding diaryl/α,β-unsaturated/α-hetero) is 1. The molecule has 4 rings (SSSR count). The lowest BCUT2D eigenvalue weighted by atomic mass is 9.85. The number of ketones is 1. The molecular weight excluding hydrogens is 244 g/mol. The van der Waals surface area contributed by atoms with Crippen LogP contribution >= 0.6 is 11.3 Å². The number of thiophene rings is 1. The molecule has 0 saturated carbocycles. The number of rotatable bonds is 0. The predicted molar refractivity (Wildman–Crippen MR) is 73.6 cm³/mol. The van der Waals surface area contributed by atoms with Crippen LogP contribution in [0.1, 0.15) is 34.3 Å². The molecular formula is C15H12O2S. The van der Waals surface area contributed by atoms with E-state index in [1.54, 1.807) is 11.3 Å². The number of aryl methyl sites for hydroxylation is 2. The van der Waals surface area contributed by atoms with Crippen molar-refractivity contribution in [1.29, 1.82) is 0 Å². The first-order chi connectivity index (χ1) is 8.75. The van der Waals surface area contributed by atoms with Crippen LogP contribution in [0.3, 0.4) is 0 Å². The number of fused-ring (bicyclic) bond motifs is 5. The molecule has 2 nitrogen and oxygen atoms in total. The molecule has 2 heterocycles. The van der Waals surface area contributed by atoms with E-state index in [9.17, 15) is 4.79 Å². The van der Waals surface area contributed by atoms with Gasteiger partial charge in [-0.25, -0.2) is 0 Å². The molecule has 3 aromatic rings. The topological polar surface area (TPSA) is 30.2 Å². The standard InChI is InChI=1S/C15H12O2S/c1-8-7-12-14(15-11(17-12)5-6-18-15)9-3-2-4-10(16)13(8)9/h5-7H,2-4H2,1H3. The Bertz CT molecular complexity index is 792. The molecule has 0 amide bonds. The summed E-state index contributed by atoms with van der Waals surface area (Å²) < 4.78 is 7.06. The van der Waals surface area contributed by atoms with Gasteiger partial charge in [-0.05, 0) is 48.4 Å². The van der Waals surface area contributed by atoms with Gasteiger partial charge in [0.1, 0.15) is 11.2 Å². The van der Waals surface area contributed by atoms with E-state index in [-0.39, 0.29) is 0 Å². The maximum atomic E-state index is 12.1. The summed E-state index contributed by atoms with van der Waals surface area (Å²) in [4.78, 5) is 12.1. The Morgan fingerprint density at radius 3 is 3.06 bits per heavy atom. The summed E-state index contributed by atoms with van der Waals surface area (Å²) in [5.41, 5.74) is 5.10. The van der Waals surface area contributed by atoms with Gasteiger partial charge < -0.3 is 4.42 Å². The second kappa shape index (κ2) is 3.45. The van der Waals surface area contributed by atoms with E-state index >= 15 is 0 Å². The molecule has 0 fully saturated rings. The fraction of sp³-hybridized carbons (Fsp3) is 0.267. The van der Waals surface area contributed by atoms with E-state index in [1.165, 1.54) is 15.6 Å². The average molecular weight is 256 g/mol. The molecule has 0 N–H and O–H groups in total. The van der Waals surface area contributed by atoms with Crippen molar-refractivity contribution in [3.63, 3.8) is 0 Å². The van der Waals surface area contributed by atoms with E-state index in [2.05, 4.69) is 0 Å². The number of benzene rings is 1. The van der Waals surface area contributed by atoms with Gasteiger partial charge in [0.25, 0.3) is 0 Å². The van der Waals surface area contributed by atoms with Gasteiger partial charge in [-0.3, -0.25) is 4.79 Å². The molecule has 1 aromatic carbocycles.